The van der Waals surface area contributed by atoms with Crippen molar-refractivity contribution in [1.82, 2.24) is 30.0 Å². The van der Waals surface area contributed by atoms with Crippen molar-refractivity contribution in [2.24, 2.45) is 5.14 Å². The summed E-state index contributed by atoms with van der Waals surface area (Å²) in [5.74, 6) is 0.156. The van der Waals surface area contributed by atoms with Crippen molar-refractivity contribution in [2.45, 2.75) is 4.90 Å². The predicted molar refractivity (Wildman–Crippen MR) is 85.2 cm³/mol. The number of hydrogen-bond donors (Lipinski definition) is 2. The minimum absolute atomic E-state index is 0.0604. The van der Waals surface area contributed by atoms with Crippen molar-refractivity contribution in [3.8, 4) is 22.5 Å². The minimum atomic E-state index is -3.96. The van der Waals surface area contributed by atoms with Crippen LogP contribution < -0.4 is 5.14 Å². The first-order valence-electron chi connectivity index (χ1n) is 6.86. The molecule has 0 saturated carbocycles. The van der Waals surface area contributed by atoms with Crippen molar-refractivity contribution in [3.05, 3.63) is 49.1 Å². The Morgan fingerprint density at radius 1 is 1.21 bits per heavy atom. The van der Waals surface area contributed by atoms with Crippen LogP contribution in [0.2, 0.25) is 0 Å². The normalized spacial score (nSPS) is 11.9. The SMILES string of the molecule is NS(=O)(=O)c1cccc(-c2ccn3cncc3c2)c1-c1nn[nH]n1. The van der Waals surface area contributed by atoms with Gasteiger partial charge in [-0.1, -0.05) is 12.1 Å². The standard InChI is InChI=1S/C14H11N7O2S/c15-24(22,23)12-3-1-2-11(13(12)14-17-19-20-18-14)9-4-5-21-8-16-7-10(21)6-9/h1-8H,(H2,15,22,23)(H,17,18,19,20). The monoisotopic (exact) mass is 341 g/mol. The molecule has 3 aromatic heterocycles. The molecule has 3 heterocycles. The van der Waals surface area contributed by atoms with Crippen LogP contribution in [0.4, 0.5) is 0 Å². The Labute approximate surface area is 136 Å². The molecule has 4 rings (SSSR count). The molecule has 10 heteroatoms. The van der Waals surface area contributed by atoms with E-state index in [-0.39, 0.29) is 10.7 Å². The molecule has 0 amide bonds. The lowest BCUT2D eigenvalue weighted by atomic mass is 10.00. The Balaban J connectivity index is 2.05. The van der Waals surface area contributed by atoms with Gasteiger partial charge in [-0.3, -0.25) is 0 Å². The summed E-state index contributed by atoms with van der Waals surface area (Å²) in [6.45, 7) is 0. The van der Waals surface area contributed by atoms with Gasteiger partial charge in [0.1, 0.15) is 0 Å². The molecule has 1 aromatic carbocycles. The van der Waals surface area contributed by atoms with Gasteiger partial charge in [-0.2, -0.15) is 5.21 Å². The summed E-state index contributed by atoms with van der Waals surface area (Å²) in [6, 6.07) is 8.56. The third-order valence-corrected chi connectivity index (χ3v) is 4.58. The summed E-state index contributed by atoms with van der Waals surface area (Å²) in [6.07, 6.45) is 5.22. The van der Waals surface area contributed by atoms with Gasteiger partial charge >= 0.3 is 0 Å². The van der Waals surface area contributed by atoms with Crippen molar-refractivity contribution in [1.29, 1.82) is 0 Å². The van der Waals surface area contributed by atoms with E-state index in [1.807, 2.05) is 22.7 Å². The third-order valence-electron chi connectivity index (χ3n) is 3.63. The van der Waals surface area contributed by atoms with E-state index in [9.17, 15) is 8.42 Å². The number of hydrogen-bond acceptors (Lipinski definition) is 6. The lowest BCUT2D eigenvalue weighted by molar-refractivity contribution is 0.598. The molecular formula is C14H11N7O2S. The van der Waals surface area contributed by atoms with Gasteiger partial charge in [0.15, 0.2) is 0 Å². The van der Waals surface area contributed by atoms with Crippen molar-refractivity contribution in [2.75, 3.05) is 0 Å². The van der Waals surface area contributed by atoms with Gasteiger partial charge in [0.05, 0.1) is 28.5 Å². The number of primary sulfonamides is 1. The molecule has 0 radical (unpaired) electrons. The van der Waals surface area contributed by atoms with Crippen LogP contribution in [-0.2, 0) is 10.0 Å². The second kappa shape index (κ2) is 5.22. The Morgan fingerprint density at radius 3 is 2.83 bits per heavy atom. The molecular weight excluding hydrogens is 330 g/mol. The number of nitrogens with two attached hydrogens (primary N) is 1. The van der Waals surface area contributed by atoms with Crippen LogP contribution in [0.1, 0.15) is 0 Å². The summed E-state index contributed by atoms with van der Waals surface area (Å²) < 4.78 is 25.8. The molecule has 0 unspecified atom stereocenters. The first-order valence-corrected chi connectivity index (χ1v) is 8.40. The number of rotatable bonds is 3. The molecule has 0 fully saturated rings. The highest BCUT2D eigenvalue weighted by Gasteiger charge is 2.22. The highest BCUT2D eigenvalue weighted by Crippen LogP contribution is 2.35. The highest BCUT2D eigenvalue weighted by atomic mass is 32.2. The zero-order valence-electron chi connectivity index (χ0n) is 12.2. The number of aromatic nitrogens is 6. The maximum atomic E-state index is 12.0. The summed E-state index contributed by atoms with van der Waals surface area (Å²) in [5, 5.41) is 19.0. The van der Waals surface area contributed by atoms with E-state index in [4.69, 9.17) is 5.14 Å². The lowest BCUT2D eigenvalue weighted by Crippen LogP contribution is -2.14. The minimum Gasteiger partial charge on any atom is -0.306 e. The molecule has 120 valence electrons. The van der Waals surface area contributed by atoms with Gasteiger partial charge in [-0.25, -0.2) is 18.5 Å². The van der Waals surface area contributed by atoms with Crippen LogP contribution in [0.25, 0.3) is 28.0 Å². The maximum Gasteiger partial charge on any atom is 0.238 e. The topological polar surface area (TPSA) is 132 Å². The Kier molecular flexibility index (Phi) is 3.15. The molecule has 4 aromatic rings. The van der Waals surface area contributed by atoms with Crippen LogP contribution >= 0.6 is 0 Å². The smallest absolute Gasteiger partial charge is 0.238 e. The number of aromatic amines is 1. The van der Waals surface area contributed by atoms with Crippen LogP contribution in [0, 0.1) is 0 Å². The van der Waals surface area contributed by atoms with Crippen LogP contribution in [0.3, 0.4) is 0 Å². The summed E-state index contributed by atoms with van der Waals surface area (Å²) in [4.78, 5) is 4.01. The molecule has 24 heavy (non-hydrogen) atoms. The number of imidazole rings is 1. The first kappa shape index (κ1) is 14.5. The molecule has 0 aliphatic carbocycles. The summed E-state index contributed by atoms with van der Waals surface area (Å²) in [7, 11) is -3.96. The fourth-order valence-corrected chi connectivity index (χ4v) is 3.35. The molecule has 0 aliphatic rings. The quantitative estimate of drug-likeness (QED) is 0.567. The van der Waals surface area contributed by atoms with Gasteiger partial charge < -0.3 is 4.40 Å². The molecule has 0 bridgehead atoms. The molecule has 0 aliphatic heterocycles. The number of sulfonamides is 1. The van der Waals surface area contributed by atoms with Gasteiger partial charge in [0, 0.05) is 6.20 Å². The number of nitrogens with one attached hydrogen (secondary N) is 1. The van der Waals surface area contributed by atoms with Crippen molar-refractivity contribution in [3.63, 3.8) is 0 Å². The van der Waals surface area contributed by atoms with Gasteiger partial charge in [0.2, 0.25) is 15.8 Å². The Bertz CT molecular complexity index is 1130. The Hall–Kier alpha value is -3.11. The molecule has 9 nitrogen and oxygen atoms in total. The molecule has 3 N–H and O–H groups in total. The van der Waals surface area contributed by atoms with Crippen LogP contribution in [0.15, 0.2) is 53.9 Å². The van der Waals surface area contributed by atoms with Crippen molar-refractivity contribution < 1.29 is 8.42 Å². The largest absolute Gasteiger partial charge is 0.306 e. The second-order valence-electron chi connectivity index (χ2n) is 5.10. The lowest BCUT2D eigenvalue weighted by Gasteiger charge is -2.11. The van der Waals surface area contributed by atoms with E-state index in [0.717, 1.165) is 11.1 Å². The van der Waals surface area contributed by atoms with Crippen molar-refractivity contribution >= 4 is 15.5 Å². The summed E-state index contributed by atoms with van der Waals surface area (Å²) >= 11 is 0. The number of nitrogens with zero attached hydrogens (tertiary/aromatic N) is 5. The number of benzene rings is 1. The zero-order chi connectivity index (χ0) is 16.7. The first-order chi connectivity index (χ1) is 11.5. The van der Waals surface area contributed by atoms with E-state index in [1.54, 1.807) is 24.7 Å². The zero-order valence-corrected chi connectivity index (χ0v) is 13.0. The van der Waals surface area contributed by atoms with Crippen LogP contribution in [-0.4, -0.2) is 38.4 Å². The maximum absolute atomic E-state index is 12.0. The highest BCUT2D eigenvalue weighted by molar-refractivity contribution is 7.89. The average Bonchev–Trinajstić information content (AvgIpc) is 3.24. The summed E-state index contributed by atoms with van der Waals surface area (Å²) in [5.41, 5.74) is 2.59. The van der Waals surface area contributed by atoms with E-state index in [1.165, 1.54) is 6.07 Å². The number of fused-ring (bicyclic) bond motifs is 1. The average molecular weight is 341 g/mol. The number of tetrazole rings is 1. The number of H-pyrrole nitrogens is 1. The van der Waals surface area contributed by atoms with Gasteiger partial charge in [-0.05, 0) is 34.5 Å². The fourth-order valence-electron chi connectivity index (χ4n) is 2.59. The van der Waals surface area contributed by atoms with E-state index in [0.29, 0.717) is 11.1 Å². The predicted octanol–water partition coefficient (Wildman–Crippen LogP) is 0.829. The molecule has 0 atom stereocenters. The number of pyridine rings is 1. The van der Waals surface area contributed by atoms with E-state index < -0.39 is 10.0 Å². The second-order valence-corrected chi connectivity index (χ2v) is 6.63. The Morgan fingerprint density at radius 2 is 2.08 bits per heavy atom. The van der Waals surface area contributed by atoms with E-state index in [2.05, 4.69) is 25.6 Å². The van der Waals surface area contributed by atoms with Crippen LogP contribution in [0.5, 0.6) is 0 Å². The van der Waals surface area contributed by atoms with Gasteiger partial charge in [-0.15, -0.1) is 10.2 Å². The van der Waals surface area contributed by atoms with Gasteiger partial charge in [0.25, 0.3) is 0 Å². The molecule has 0 saturated heterocycles. The fraction of sp³-hybridized carbons (Fsp3) is 0. The third kappa shape index (κ3) is 2.33. The molecule has 0 spiro atoms. The van der Waals surface area contributed by atoms with E-state index >= 15 is 0 Å².